The predicted molar refractivity (Wildman–Crippen MR) is 64.4 cm³/mol. The number of ether oxygens (including phenoxy) is 1. The first-order valence-corrected chi connectivity index (χ1v) is 5.61. The summed E-state index contributed by atoms with van der Waals surface area (Å²) in [5.74, 6) is 0.148. The number of benzene rings is 1. The number of aryl methyl sites for hydroxylation is 1. The highest BCUT2D eigenvalue weighted by Gasteiger charge is 2.11. The number of carbonyl (C=O) groups is 1. The first kappa shape index (κ1) is 12.3. The molecule has 0 atom stereocenters. The first-order valence-electron chi connectivity index (χ1n) is 5.61. The number of carbonyl (C=O) groups excluding carboxylic acids is 1. The van der Waals surface area contributed by atoms with Gasteiger partial charge in [0.25, 0.3) is 0 Å². The van der Waals surface area contributed by atoms with Gasteiger partial charge in [0.2, 0.25) is 0 Å². The Morgan fingerprint density at radius 3 is 2.89 bits per heavy atom. The van der Waals surface area contributed by atoms with Crippen LogP contribution >= 0.6 is 0 Å². The standard InChI is InChI=1S/C13H13FN2O2/c1-3-16-8-11(7-15-16)18-13-5-4-10(14)6-12(13)9(2)17/h4-8H,3H2,1-2H3. The molecule has 0 fully saturated rings. The maximum Gasteiger partial charge on any atom is 0.165 e. The molecule has 2 rings (SSSR count). The van der Waals surface area contributed by atoms with Crippen LogP contribution in [0.15, 0.2) is 30.6 Å². The second-order valence-electron chi connectivity index (χ2n) is 3.83. The fourth-order valence-electron chi connectivity index (χ4n) is 1.56. The third kappa shape index (κ3) is 2.56. The molecule has 94 valence electrons. The molecule has 4 nitrogen and oxygen atoms in total. The SMILES string of the molecule is CCn1cc(Oc2ccc(F)cc2C(C)=O)cn1. The van der Waals surface area contributed by atoms with Crippen LogP contribution in [0, 0.1) is 5.82 Å². The lowest BCUT2D eigenvalue weighted by Crippen LogP contribution is -1.98. The summed E-state index contributed by atoms with van der Waals surface area (Å²) in [4.78, 5) is 11.4. The molecule has 1 aromatic heterocycles. The summed E-state index contributed by atoms with van der Waals surface area (Å²) in [6, 6.07) is 3.86. The number of Topliss-reactive ketones (excluding diaryl/α,β-unsaturated/α-hetero) is 1. The quantitative estimate of drug-likeness (QED) is 0.781. The molecule has 1 heterocycles. The van der Waals surface area contributed by atoms with Crippen molar-refractivity contribution in [2.24, 2.45) is 0 Å². The highest BCUT2D eigenvalue weighted by Crippen LogP contribution is 2.26. The lowest BCUT2D eigenvalue weighted by Gasteiger charge is -2.07. The lowest BCUT2D eigenvalue weighted by atomic mass is 10.1. The van der Waals surface area contributed by atoms with Crippen LogP contribution in [-0.2, 0) is 6.54 Å². The van der Waals surface area contributed by atoms with Gasteiger partial charge in [0.05, 0.1) is 18.0 Å². The van der Waals surface area contributed by atoms with Gasteiger partial charge in [0, 0.05) is 6.54 Å². The Bertz CT molecular complexity index is 578. The molecular formula is C13H13FN2O2. The summed E-state index contributed by atoms with van der Waals surface area (Å²) >= 11 is 0. The predicted octanol–water partition coefficient (Wildman–Crippen LogP) is 3.04. The zero-order valence-electron chi connectivity index (χ0n) is 10.2. The maximum atomic E-state index is 13.1. The Hall–Kier alpha value is -2.17. The molecule has 0 aliphatic heterocycles. The molecule has 2 aromatic rings. The summed E-state index contributed by atoms with van der Waals surface area (Å²) in [5.41, 5.74) is 0.222. The van der Waals surface area contributed by atoms with Crippen LogP contribution < -0.4 is 4.74 Å². The van der Waals surface area contributed by atoms with E-state index in [-0.39, 0.29) is 11.3 Å². The van der Waals surface area contributed by atoms with E-state index >= 15 is 0 Å². The van der Waals surface area contributed by atoms with Crippen molar-refractivity contribution in [1.29, 1.82) is 0 Å². The summed E-state index contributed by atoms with van der Waals surface area (Å²) in [6.45, 7) is 4.05. The van der Waals surface area contributed by atoms with Gasteiger partial charge >= 0.3 is 0 Å². The summed E-state index contributed by atoms with van der Waals surface area (Å²) in [5, 5.41) is 4.06. The molecule has 1 aromatic carbocycles. The second kappa shape index (κ2) is 5.00. The minimum absolute atomic E-state index is 0.222. The van der Waals surface area contributed by atoms with Crippen LogP contribution in [0.1, 0.15) is 24.2 Å². The third-order valence-corrected chi connectivity index (χ3v) is 2.48. The van der Waals surface area contributed by atoms with Gasteiger partial charge < -0.3 is 4.74 Å². The third-order valence-electron chi connectivity index (χ3n) is 2.48. The van der Waals surface area contributed by atoms with Crippen LogP contribution in [0.4, 0.5) is 4.39 Å². The fourth-order valence-corrected chi connectivity index (χ4v) is 1.56. The van der Waals surface area contributed by atoms with Crippen molar-refractivity contribution < 1.29 is 13.9 Å². The second-order valence-corrected chi connectivity index (χ2v) is 3.83. The van der Waals surface area contributed by atoms with Crippen LogP contribution in [0.25, 0.3) is 0 Å². The number of rotatable bonds is 4. The number of halogens is 1. The topological polar surface area (TPSA) is 44.1 Å². The number of hydrogen-bond donors (Lipinski definition) is 0. The molecule has 18 heavy (non-hydrogen) atoms. The van der Waals surface area contributed by atoms with Gasteiger partial charge in [-0.05, 0) is 32.0 Å². The molecule has 0 unspecified atom stereocenters. The van der Waals surface area contributed by atoms with Gasteiger partial charge in [-0.2, -0.15) is 5.10 Å². The van der Waals surface area contributed by atoms with Crippen LogP contribution in [-0.4, -0.2) is 15.6 Å². The van der Waals surface area contributed by atoms with Gasteiger partial charge in [0.15, 0.2) is 11.5 Å². The van der Waals surface area contributed by atoms with Crippen molar-refractivity contribution in [3.8, 4) is 11.5 Å². The number of nitrogens with zero attached hydrogens (tertiary/aromatic N) is 2. The average molecular weight is 248 g/mol. The molecule has 0 radical (unpaired) electrons. The van der Waals surface area contributed by atoms with Crippen molar-refractivity contribution >= 4 is 5.78 Å². The smallest absolute Gasteiger partial charge is 0.165 e. The molecule has 5 heteroatoms. The zero-order chi connectivity index (χ0) is 13.1. The van der Waals surface area contributed by atoms with E-state index in [1.165, 1.54) is 25.1 Å². The molecule has 0 saturated heterocycles. The van der Waals surface area contributed by atoms with Gasteiger partial charge in [0.1, 0.15) is 11.6 Å². The monoisotopic (exact) mass is 248 g/mol. The van der Waals surface area contributed by atoms with Crippen molar-refractivity contribution in [3.05, 3.63) is 42.0 Å². The largest absolute Gasteiger partial charge is 0.453 e. The molecular weight excluding hydrogens is 235 g/mol. The van der Waals surface area contributed by atoms with Gasteiger partial charge in [-0.15, -0.1) is 0 Å². The Labute approximate surface area is 104 Å². The van der Waals surface area contributed by atoms with E-state index in [0.717, 1.165) is 6.54 Å². The summed E-state index contributed by atoms with van der Waals surface area (Å²) < 4.78 is 20.3. The molecule has 0 saturated carbocycles. The molecule has 0 bridgehead atoms. The molecule has 0 spiro atoms. The molecule has 0 N–H and O–H groups in total. The molecule has 0 amide bonds. The zero-order valence-corrected chi connectivity index (χ0v) is 10.2. The highest BCUT2D eigenvalue weighted by atomic mass is 19.1. The lowest BCUT2D eigenvalue weighted by molar-refractivity contribution is 0.101. The summed E-state index contributed by atoms with van der Waals surface area (Å²) in [6.07, 6.45) is 3.27. The highest BCUT2D eigenvalue weighted by molar-refractivity contribution is 5.96. The van der Waals surface area contributed by atoms with E-state index in [2.05, 4.69) is 5.10 Å². The van der Waals surface area contributed by atoms with E-state index in [1.54, 1.807) is 17.1 Å². The number of hydrogen-bond acceptors (Lipinski definition) is 3. The van der Waals surface area contributed by atoms with E-state index in [4.69, 9.17) is 4.74 Å². The van der Waals surface area contributed by atoms with Crippen molar-refractivity contribution in [1.82, 2.24) is 9.78 Å². The maximum absolute atomic E-state index is 13.1. The van der Waals surface area contributed by atoms with Crippen LogP contribution in [0.3, 0.4) is 0 Å². The molecule has 0 aliphatic rings. The van der Waals surface area contributed by atoms with Crippen molar-refractivity contribution in [2.75, 3.05) is 0 Å². The van der Waals surface area contributed by atoms with Crippen LogP contribution in [0.5, 0.6) is 11.5 Å². The number of aromatic nitrogens is 2. The van der Waals surface area contributed by atoms with Crippen LogP contribution in [0.2, 0.25) is 0 Å². The Kier molecular flexibility index (Phi) is 3.41. The van der Waals surface area contributed by atoms with E-state index in [9.17, 15) is 9.18 Å². The number of ketones is 1. The molecule has 0 aliphatic carbocycles. The minimum atomic E-state index is -0.461. The summed E-state index contributed by atoms with van der Waals surface area (Å²) in [7, 11) is 0. The Morgan fingerprint density at radius 2 is 2.28 bits per heavy atom. The Morgan fingerprint density at radius 1 is 1.50 bits per heavy atom. The van der Waals surface area contributed by atoms with E-state index in [0.29, 0.717) is 11.5 Å². The first-order chi connectivity index (χ1) is 8.60. The Balaban J connectivity index is 2.30. The minimum Gasteiger partial charge on any atom is -0.453 e. The van der Waals surface area contributed by atoms with Gasteiger partial charge in [-0.25, -0.2) is 4.39 Å². The van der Waals surface area contributed by atoms with Crippen molar-refractivity contribution in [3.63, 3.8) is 0 Å². The average Bonchev–Trinajstić information content (AvgIpc) is 2.79. The van der Waals surface area contributed by atoms with E-state index < -0.39 is 5.82 Å². The van der Waals surface area contributed by atoms with E-state index in [1.807, 2.05) is 6.92 Å². The van der Waals surface area contributed by atoms with Crippen molar-refractivity contribution in [2.45, 2.75) is 20.4 Å². The fraction of sp³-hybridized carbons (Fsp3) is 0.231. The van der Waals surface area contributed by atoms with Gasteiger partial charge in [-0.3, -0.25) is 9.48 Å². The van der Waals surface area contributed by atoms with Gasteiger partial charge in [-0.1, -0.05) is 0 Å². The normalized spacial score (nSPS) is 10.4.